The number of phenolic OH excluding ortho intramolecular Hbond substituents is 1. The fraction of sp³-hybridized carbons (Fsp3) is 0.235. The maximum absolute atomic E-state index is 11.5. The summed E-state index contributed by atoms with van der Waals surface area (Å²) >= 11 is 0. The molecule has 0 fully saturated rings. The number of rotatable bonds is 7. The molecule has 1 aromatic rings. The summed E-state index contributed by atoms with van der Waals surface area (Å²) in [5.74, 6) is -1.16. The Kier molecular flexibility index (Phi) is 7.08. The highest BCUT2D eigenvalue weighted by atomic mass is 16.5. The Morgan fingerprint density at radius 1 is 1.35 bits per heavy atom. The van der Waals surface area contributed by atoms with Crippen LogP contribution in [0.5, 0.6) is 5.75 Å². The normalized spacial score (nSPS) is 10.1. The average molecular weight is 315 g/mol. The third kappa shape index (κ3) is 6.48. The van der Waals surface area contributed by atoms with Gasteiger partial charge in [0.1, 0.15) is 5.75 Å². The van der Waals surface area contributed by atoms with Gasteiger partial charge in [0.15, 0.2) is 0 Å². The van der Waals surface area contributed by atoms with Crippen LogP contribution in [0.25, 0.3) is 6.08 Å². The van der Waals surface area contributed by atoms with Crippen LogP contribution in [0.15, 0.2) is 36.4 Å². The van der Waals surface area contributed by atoms with Gasteiger partial charge in [-0.3, -0.25) is 0 Å². The van der Waals surface area contributed by atoms with Gasteiger partial charge < -0.3 is 14.6 Å². The molecular weight excluding hydrogens is 298 g/mol. The lowest BCUT2D eigenvalue weighted by Gasteiger charge is -2.04. The summed E-state index contributed by atoms with van der Waals surface area (Å²) in [4.78, 5) is 22.6. The molecule has 0 aliphatic heterocycles. The quantitative estimate of drug-likeness (QED) is 0.471. The molecular formula is C17H17NO5. The minimum atomic E-state index is -0.583. The van der Waals surface area contributed by atoms with E-state index in [0.717, 1.165) is 0 Å². The van der Waals surface area contributed by atoms with E-state index < -0.39 is 11.9 Å². The van der Waals surface area contributed by atoms with Crippen molar-refractivity contribution in [3.05, 3.63) is 47.6 Å². The number of phenols is 1. The highest BCUT2D eigenvalue weighted by molar-refractivity contribution is 5.87. The largest absolute Gasteiger partial charge is 0.507 e. The lowest BCUT2D eigenvalue weighted by molar-refractivity contribution is -0.140. The van der Waals surface area contributed by atoms with Crippen molar-refractivity contribution >= 4 is 18.0 Å². The second-order valence-corrected chi connectivity index (χ2v) is 4.66. The van der Waals surface area contributed by atoms with Gasteiger partial charge in [-0.2, -0.15) is 5.26 Å². The van der Waals surface area contributed by atoms with Crippen molar-refractivity contribution in [2.45, 2.75) is 13.3 Å². The van der Waals surface area contributed by atoms with Crippen LogP contribution in [-0.2, 0) is 19.1 Å². The Labute approximate surface area is 134 Å². The van der Waals surface area contributed by atoms with Gasteiger partial charge in [-0.1, -0.05) is 6.58 Å². The Morgan fingerprint density at radius 3 is 2.65 bits per heavy atom. The molecule has 120 valence electrons. The molecule has 23 heavy (non-hydrogen) atoms. The molecule has 0 saturated carbocycles. The molecule has 0 amide bonds. The van der Waals surface area contributed by atoms with Crippen LogP contribution in [-0.4, -0.2) is 30.3 Å². The van der Waals surface area contributed by atoms with Crippen LogP contribution in [0, 0.1) is 11.3 Å². The average Bonchev–Trinajstić information content (AvgIpc) is 2.52. The van der Waals surface area contributed by atoms with Crippen LogP contribution in [0.1, 0.15) is 24.5 Å². The summed E-state index contributed by atoms with van der Waals surface area (Å²) < 4.78 is 9.76. The summed E-state index contributed by atoms with van der Waals surface area (Å²) in [6, 6.07) is 6.26. The van der Waals surface area contributed by atoms with Gasteiger partial charge in [-0.25, -0.2) is 9.59 Å². The Bertz CT molecular complexity index is 670. The van der Waals surface area contributed by atoms with Crippen molar-refractivity contribution in [2.24, 2.45) is 0 Å². The zero-order valence-electron chi connectivity index (χ0n) is 12.7. The van der Waals surface area contributed by atoms with E-state index >= 15 is 0 Å². The van der Waals surface area contributed by atoms with Crippen molar-refractivity contribution in [1.29, 1.82) is 5.26 Å². The third-order valence-electron chi connectivity index (χ3n) is 2.67. The zero-order chi connectivity index (χ0) is 17.2. The number of aromatic hydroxyl groups is 1. The molecule has 1 rings (SSSR count). The van der Waals surface area contributed by atoms with Crippen LogP contribution in [0.4, 0.5) is 0 Å². The van der Waals surface area contributed by atoms with E-state index in [-0.39, 0.29) is 19.0 Å². The molecule has 6 heteroatoms. The lowest BCUT2D eigenvalue weighted by Crippen LogP contribution is -2.09. The number of nitrogens with zero attached hydrogens (tertiary/aromatic N) is 1. The number of carbonyl (C=O) groups is 2. The zero-order valence-corrected chi connectivity index (χ0v) is 12.7. The third-order valence-corrected chi connectivity index (χ3v) is 2.67. The highest BCUT2D eigenvalue weighted by Gasteiger charge is 2.04. The van der Waals surface area contributed by atoms with E-state index in [2.05, 4.69) is 6.58 Å². The van der Waals surface area contributed by atoms with Gasteiger partial charge in [-0.05, 0) is 31.2 Å². The van der Waals surface area contributed by atoms with Crippen molar-refractivity contribution in [3.8, 4) is 11.8 Å². The fourth-order valence-corrected chi connectivity index (χ4v) is 1.48. The van der Waals surface area contributed by atoms with Crippen LogP contribution >= 0.6 is 0 Å². The van der Waals surface area contributed by atoms with Crippen LogP contribution in [0.3, 0.4) is 0 Å². The first kappa shape index (κ1) is 18.0. The summed E-state index contributed by atoms with van der Waals surface area (Å²) in [6.45, 7) is 5.23. The minimum absolute atomic E-state index is 0.0974. The number of hydrogen-bond donors (Lipinski definition) is 1. The predicted molar refractivity (Wildman–Crippen MR) is 83.2 cm³/mol. The van der Waals surface area contributed by atoms with Crippen LogP contribution < -0.4 is 0 Å². The van der Waals surface area contributed by atoms with Gasteiger partial charge in [0.25, 0.3) is 0 Å². The SMILES string of the molecule is C=C(C)C(=O)OCCCOC(=O)C=Cc1ccc(C#N)cc1O. The second-order valence-electron chi connectivity index (χ2n) is 4.66. The van der Waals surface area contributed by atoms with Crippen LogP contribution in [0.2, 0.25) is 0 Å². The van der Waals surface area contributed by atoms with Gasteiger partial charge in [0, 0.05) is 23.6 Å². The molecule has 0 aliphatic carbocycles. The molecule has 0 bridgehead atoms. The molecule has 0 aliphatic rings. The molecule has 0 spiro atoms. The standard InChI is InChI=1S/C17H17NO5/c1-12(2)17(21)23-9-3-8-22-16(20)7-6-14-5-4-13(11-18)10-15(14)19/h4-7,10,19H,1,3,8-9H2,2H3. The molecule has 0 unspecified atom stereocenters. The molecule has 0 atom stereocenters. The van der Waals surface area contributed by atoms with E-state index in [1.807, 2.05) is 6.07 Å². The van der Waals surface area contributed by atoms with Crippen molar-refractivity contribution in [3.63, 3.8) is 0 Å². The molecule has 1 aromatic carbocycles. The minimum Gasteiger partial charge on any atom is -0.507 e. The summed E-state index contributed by atoms with van der Waals surface area (Å²) in [7, 11) is 0. The molecule has 6 nitrogen and oxygen atoms in total. The summed E-state index contributed by atoms with van der Waals surface area (Å²) in [5, 5.41) is 18.4. The van der Waals surface area contributed by atoms with Gasteiger partial charge in [-0.15, -0.1) is 0 Å². The number of hydrogen-bond acceptors (Lipinski definition) is 6. The number of esters is 2. The predicted octanol–water partition coefficient (Wildman–Crippen LogP) is 2.33. The number of nitriles is 1. The van der Waals surface area contributed by atoms with E-state index in [1.165, 1.54) is 30.4 Å². The van der Waals surface area contributed by atoms with E-state index in [0.29, 0.717) is 23.1 Å². The Hall–Kier alpha value is -3.07. The van der Waals surface area contributed by atoms with Gasteiger partial charge in [0.2, 0.25) is 0 Å². The Balaban J connectivity index is 2.35. The monoisotopic (exact) mass is 315 g/mol. The number of benzene rings is 1. The van der Waals surface area contributed by atoms with E-state index in [1.54, 1.807) is 6.92 Å². The van der Waals surface area contributed by atoms with Gasteiger partial charge in [0.05, 0.1) is 24.8 Å². The maximum atomic E-state index is 11.5. The highest BCUT2D eigenvalue weighted by Crippen LogP contribution is 2.19. The first-order chi connectivity index (χ1) is 10.9. The second kappa shape index (κ2) is 9.05. The summed E-state index contributed by atoms with van der Waals surface area (Å²) in [5.41, 5.74) is 1.04. The molecule has 0 aromatic heterocycles. The lowest BCUT2D eigenvalue weighted by atomic mass is 10.1. The van der Waals surface area contributed by atoms with Crippen molar-refractivity contribution < 1.29 is 24.2 Å². The first-order valence-corrected chi connectivity index (χ1v) is 6.84. The summed E-state index contributed by atoms with van der Waals surface area (Å²) in [6.07, 6.45) is 2.93. The topological polar surface area (TPSA) is 96.6 Å². The molecule has 0 radical (unpaired) electrons. The number of ether oxygens (including phenoxy) is 2. The van der Waals surface area contributed by atoms with Gasteiger partial charge >= 0.3 is 11.9 Å². The smallest absolute Gasteiger partial charge is 0.333 e. The molecule has 1 N–H and O–H groups in total. The van der Waals surface area contributed by atoms with Crippen molar-refractivity contribution in [2.75, 3.05) is 13.2 Å². The molecule has 0 saturated heterocycles. The maximum Gasteiger partial charge on any atom is 0.333 e. The molecule has 0 heterocycles. The first-order valence-electron chi connectivity index (χ1n) is 6.84. The van der Waals surface area contributed by atoms with E-state index in [9.17, 15) is 14.7 Å². The number of carbonyl (C=O) groups excluding carboxylic acids is 2. The fourth-order valence-electron chi connectivity index (χ4n) is 1.48. The van der Waals surface area contributed by atoms with E-state index in [4.69, 9.17) is 14.7 Å². The Morgan fingerprint density at radius 2 is 2.04 bits per heavy atom. The van der Waals surface area contributed by atoms with Crippen molar-refractivity contribution in [1.82, 2.24) is 0 Å².